The number of para-hydroxylation sites is 1. The number of benzene rings is 1. The molecule has 102 valence electrons. The van der Waals surface area contributed by atoms with Crippen LogP contribution in [0.25, 0.3) is 10.9 Å². The number of hydrogen-bond acceptors (Lipinski definition) is 2. The van der Waals surface area contributed by atoms with Gasteiger partial charge in [0.25, 0.3) is 0 Å². The van der Waals surface area contributed by atoms with Crippen LogP contribution < -0.4 is 10.6 Å². The first kappa shape index (κ1) is 12.7. The van der Waals surface area contributed by atoms with Crippen molar-refractivity contribution in [3.63, 3.8) is 0 Å². The highest BCUT2D eigenvalue weighted by molar-refractivity contribution is 5.83. The van der Waals surface area contributed by atoms with E-state index >= 15 is 0 Å². The Morgan fingerprint density at radius 3 is 2.95 bits per heavy atom. The van der Waals surface area contributed by atoms with Gasteiger partial charge in [0.2, 0.25) is 0 Å². The van der Waals surface area contributed by atoms with Gasteiger partial charge in [-0.05, 0) is 44.9 Å². The van der Waals surface area contributed by atoms with Crippen molar-refractivity contribution in [3.8, 4) is 0 Å². The first-order chi connectivity index (χ1) is 9.14. The van der Waals surface area contributed by atoms with Crippen LogP contribution in [0.2, 0.25) is 0 Å². The summed E-state index contributed by atoms with van der Waals surface area (Å²) in [7, 11) is 0. The first-order valence-electron chi connectivity index (χ1n) is 7.17. The second kappa shape index (κ2) is 4.99. The lowest BCUT2D eigenvalue weighted by Crippen LogP contribution is -2.32. The van der Waals surface area contributed by atoms with E-state index in [0.717, 1.165) is 19.5 Å². The van der Waals surface area contributed by atoms with Crippen molar-refractivity contribution in [1.82, 2.24) is 15.6 Å². The smallest absolute Gasteiger partial charge is 0.0456 e. The third-order valence-corrected chi connectivity index (χ3v) is 4.09. The van der Waals surface area contributed by atoms with Gasteiger partial charge in [0.15, 0.2) is 0 Å². The molecule has 19 heavy (non-hydrogen) atoms. The molecule has 1 aromatic heterocycles. The number of H-pyrrole nitrogens is 1. The predicted molar refractivity (Wildman–Crippen MR) is 80.5 cm³/mol. The molecular formula is C16H23N3. The maximum atomic E-state index is 3.66. The molecule has 2 aromatic rings. The minimum atomic E-state index is 0.290. The normalized spacial score (nSPS) is 22.1. The predicted octanol–water partition coefficient (Wildman–Crippen LogP) is 2.44. The van der Waals surface area contributed by atoms with Crippen LogP contribution >= 0.6 is 0 Å². The summed E-state index contributed by atoms with van der Waals surface area (Å²) in [5, 5.41) is 8.57. The lowest BCUT2D eigenvalue weighted by molar-refractivity contribution is 0.443. The Morgan fingerprint density at radius 2 is 2.16 bits per heavy atom. The van der Waals surface area contributed by atoms with Crippen molar-refractivity contribution in [2.45, 2.75) is 38.3 Å². The van der Waals surface area contributed by atoms with Crippen molar-refractivity contribution >= 4 is 10.9 Å². The fourth-order valence-electron chi connectivity index (χ4n) is 3.05. The number of nitrogens with one attached hydrogen (secondary N) is 3. The molecule has 3 N–H and O–H groups in total. The van der Waals surface area contributed by atoms with Crippen molar-refractivity contribution in [2.24, 2.45) is 0 Å². The van der Waals surface area contributed by atoms with Crippen molar-refractivity contribution in [2.75, 3.05) is 13.1 Å². The zero-order valence-corrected chi connectivity index (χ0v) is 11.8. The minimum Gasteiger partial charge on any atom is -0.361 e. The number of hydrogen-bond donors (Lipinski definition) is 3. The SMILES string of the molecule is CC1(C)CC(NCCc2c[nH]c3ccccc23)CN1. The molecule has 1 aliphatic heterocycles. The van der Waals surface area contributed by atoms with Gasteiger partial charge in [0.05, 0.1) is 0 Å². The van der Waals surface area contributed by atoms with Crippen LogP contribution in [-0.2, 0) is 6.42 Å². The Labute approximate surface area is 114 Å². The Bertz CT molecular complexity index is 556. The molecule has 0 spiro atoms. The van der Waals surface area contributed by atoms with Gasteiger partial charge in [-0.3, -0.25) is 0 Å². The van der Waals surface area contributed by atoms with Crippen LogP contribution in [0.15, 0.2) is 30.5 Å². The first-order valence-corrected chi connectivity index (χ1v) is 7.17. The number of fused-ring (bicyclic) bond motifs is 1. The molecule has 1 aromatic carbocycles. The third kappa shape index (κ3) is 2.82. The fourth-order valence-corrected chi connectivity index (χ4v) is 3.05. The van der Waals surface area contributed by atoms with E-state index in [1.54, 1.807) is 0 Å². The van der Waals surface area contributed by atoms with Gasteiger partial charge in [-0.25, -0.2) is 0 Å². The summed E-state index contributed by atoms with van der Waals surface area (Å²) in [6.45, 7) is 6.67. The molecule has 3 nitrogen and oxygen atoms in total. The summed E-state index contributed by atoms with van der Waals surface area (Å²) in [4.78, 5) is 3.34. The van der Waals surface area contributed by atoms with Crippen LogP contribution in [0.1, 0.15) is 25.8 Å². The van der Waals surface area contributed by atoms with E-state index in [0.29, 0.717) is 11.6 Å². The maximum Gasteiger partial charge on any atom is 0.0456 e. The maximum absolute atomic E-state index is 3.66. The van der Waals surface area contributed by atoms with Gasteiger partial charge in [-0.2, -0.15) is 0 Å². The van der Waals surface area contributed by atoms with Gasteiger partial charge in [0, 0.05) is 35.2 Å². The molecule has 0 bridgehead atoms. The van der Waals surface area contributed by atoms with E-state index in [2.05, 4.69) is 59.9 Å². The lowest BCUT2D eigenvalue weighted by atomic mass is 10.0. The summed E-state index contributed by atoms with van der Waals surface area (Å²) in [5.74, 6) is 0. The molecule has 0 aliphatic carbocycles. The lowest BCUT2D eigenvalue weighted by Gasteiger charge is -2.17. The second-order valence-electron chi connectivity index (χ2n) is 6.23. The molecule has 2 heterocycles. The highest BCUT2D eigenvalue weighted by Gasteiger charge is 2.29. The van der Waals surface area contributed by atoms with E-state index in [-0.39, 0.29) is 0 Å². The second-order valence-corrected chi connectivity index (χ2v) is 6.23. The summed E-state index contributed by atoms with van der Waals surface area (Å²) in [6, 6.07) is 9.13. The molecule has 3 heteroatoms. The third-order valence-electron chi connectivity index (χ3n) is 4.09. The molecule has 3 rings (SSSR count). The average Bonchev–Trinajstić information content (AvgIpc) is 2.94. The van der Waals surface area contributed by atoms with Crippen molar-refractivity contribution in [3.05, 3.63) is 36.0 Å². The molecule has 0 amide bonds. The molecule has 1 aliphatic rings. The standard InChI is InChI=1S/C16H23N3/c1-16(2)9-13(11-19-16)17-8-7-12-10-18-15-6-4-3-5-14(12)15/h3-6,10,13,17-19H,7-9,11H2,1-2H3. The molecule has 0 radical (unpaired) electrons. The van der Waals surface area contributed by atoms with Crippen LogP contribution in [-0.4, -0.2) is 29.7 Å². The van der Waals surface area contributed by atoms with Gasteiger partial charge < -0.3 is 15.6 Å². The topological polar surface area (TPSA) is 39.9 Å². The fraction of sp³-hybridized carbons (Fsp3) is 0.500. The quantitative estimate of drug-likeness (QED) is 0.787. The Balaban J connectivity index is 1.55. The molecule has 1 saturated heterocycles. The zero-order chi connectivity index (χ0) is 13.3. The van der Waals surface area contributed by atoms with Gasteiger partial charge in [-0.1, -0.05) is 18.2 Å². The highest BCUT2D eigenvalue weighted by atomic mass is 15.1. The molecule has 1 fully saturated rings. The summed E-state index contributed by atoms with van der Waals surface area (Å²) in [5.41, 5.74) is 2.94. The molecule has 1 unspecified atom stereocenters. The molecular weight excluding hydrogens is 234 g/mol. The van der Waals surface area contributed by atoms with Crippen molar-refractivity contribution in [1.29, 1.82) is 0 Å². The Morgan fingerprint density at radius 1 is 1.32 bits per heavy atom. The largest absolute Gasteiger partial charge is 0.361 e. The van der Waals surface area contributed by atoms with E-state index in [1.807, 2.05) is 0 Å². The summed E-state index contributed by atoms with van der Waals surface area (Å²) < 4.78 is 0. The van der Waals surface area contributed by atoms with Crippen LogP contribution in [0.3, 0.4) is 0 Å². The van der Waals surface area contributed by atoms with Crippen molar-refractivity contribution < 1.29 is 0 Å². The zero-order valence-electron chi connectivity index (χ0n) is 11.8. The summed E-state index contributed by atoms with van der Waals surface area (Å²) >= 11 is 0. The van der Waals surface area contributed by atoms with E-state index in [9.17, 15) is 0 Å². The van der Waals surface area contributed by atoms with Gasteiger partial charge >= 0.3 is 0 Å². The number of aromatic nitrogens is 1. The van der Waals surface area contributed by atoms with E-state index in [1.165, 1.54) is 22.9 Å². The van der Waals surface area contributed by atoms with Gasteiger partial charge in [-0.15, -0.1) is 0 Å². The highest BCUT2D eigenvalue weighted by Crippen LogP contribution is 2.19. The average molecular weight is 257 g/mol. The van der Waals surface area contributed by atoms with Gasteiger partial charge in [0.1, 0.15) is 0 Å². The van der Waals surface area contributed by atoms with Crippen LogP contribution in [0, 0.1) is 0 Å². The number of rotatable bonds is 4. The van der Waals surface area contributed by atoms with Crippen LogP contribution in [0.4, 0.5) is 0 Å². The Hall–Kier alpha value is -1.32. The van der Waals surface area contributed by atoms with E-state index in [4.69, 9.17) is 0 Å². The van der Waals surface area contributed by atoms with E-state index < -0.39 is 0 Å². The summed E-state index contributed by atoms with van der Waals surface area (Å²) in [6.07, 6.45) is 4.44. The molecule has 0 saturated carbocycles. The van der Waals surface area contributed by atoms with Crippen LogP contribution in [0.5, 0.6) is 0 Å². The minimum absolute atomic E-state index is 0.290. The Kier molecular flexibility index (Phi) is 3.33. The molecule has 1 atom stereocenters. The monoisotopic (exact) mass is 257 g/mol. The number of aromatic amines is 1.